The molecule has 11 heteroatoms. The van der Waals surface area contributed by atoms with Crippen LogP contribution in [0.2, 0.25) is 10.0 Å². The molecule has 3 rings (SSSR count). The van der Waals surface area contributed by atoms with E-state index in [0.29, 0.717) is 12.1 Å². The van der Waals surface area contributed by atoms with Crippen molar-refractivity contribution in [2.75, 3.05) is 13.2 Å². The van der Waals surface area contributed by atoms with Crippen molar-refractivity contribution in [1.82, 2.24) is 15.6 Å². The average molecular weight is 472 g/mol. The van der Waals surface area contributed by atoms with Gasteiger partial charge in [-0.05, 0) is 25.1 Å². The van der Waals surface area contributed by atoms with Crippen molar-refractivity contribution >= 4 is 35.0 Å². The van der Waals surface area contributed by atoms with Gasteiger partial charge in [0.15, 0.2) is 13.2 Å². The molecule has 0 aliphatic heterocycles. The summed E-state index contributed by atoms with van der Waals surface area (Å²) in [5.74, 6) is -1.99. The lowest BCUT2D eigenvalue weighted by Gasteiger charge is -2.37. The number of amides is 2. The predicted molar refractivity (Wildman–Crippen MR) is 109 cm³/mol. The van der Waals surface area contributed by atoms with Gasteiger partial charge in [0.2, 0.25) is 5.95 Å². The van der Waals surface area contributed by atoms with Crippen LogP contribution < -0.4 is 20.1 Å². The molecular weight excluding hydrogens is 455 g/mol. The number of benzene rings is 1. The van der Waals surface area contributed by atoms with Crippen LogP contribution in [0.4, 0.5) is 8.78 Å². The number of halogens is 4. The molecule has 1 aliphatic rings. The SMILES string of the molecule is CC1(NC(=O)COc2ccc(Cl)c(F)c2)C=C(NC(=O)COc2cnc(F)c(Cl)c2)C1. The number of rotatable bonds is 8. The Labute approximate surface area is 186 Å². The summed E-state index contributed by atoms with van der Waals surface area (Å²) in [5.41, 5.74) is -0.0591. The molecule has 1 aromatic carbocycles. The second-order valence-corrected chi connectivity index (χ2v) is 7.77. The van der Waals surface area contributed by atoms with Gasteiger partial charge in [0, 0.05) is 24.3 Å². The molecule has 0 spiro atoms. The van der Waals surface area contributed by atoms with Crippen molar-refractivity contribution in [2.45, 2.75) is 18.9 Å². The number of ether oxygens (including phenoxy) is 2. The second-order valence-electron chi connectivity index (χ2n) is 6.96. The number of carbonyl (C=O) groups excluding carboxylic acids is 2. The third kappa shape index (κ3) is 6.28. The largest absolute Gasteiger partial charge is 0.484 e. The maximum atomic E-state index is 13.4. The van der Waals surface area contributed by atoms with Gasteiger partial charge in [-0.1, -0.05) is 23.2 Å². The highest BCUT2D eigenvalue weighted by Gasteiger charge is 2.34. The van der Waals surface area contributed by atoms with Gasteiger partial charge in [-0.3, -0.25) is 9.59 Å². The number of aromatic nitrogens is 1. The van der Waals surface area contributed by atoms with E-state index >= 15 is 0 Å². The highest BCUT2D eigenvalue weighted by molar-refractivity contribution is 6.31. The summed E-state index contributed by atoms with van der Waals surface area (Å²) in [5, 5.41) is 5.15. The molecule has 2 aromatic rings. The fourth-order valence-electron chi connectivity index (χ4n) is 2.83. The highest BCUT2D eigenvalue weighted by atomic mass is 35.5. The quantitative estimate of drug-likeness (QED) is 0.575. The van der Waals surface area contributed by atoms with Crippen molar-refractivity contribution in [3.8, 4) is 11.5 Å². The number of hydrogen-bond donors (Lipinski definition) is 2. The van der Waals surface area contributed by atoms with Crippen LogP contribution in [-0.4, -0.2) is 35.6 Å². The fourth-order valence-corrected chi connectivity index (χ4v) is 3.10. The summed E-state index contributed by atoms with van der Waals surface area (Å²) in [7, 11) is 0. The van der Waals surface area contributed by atoms with Gasteiger partial charge in [-0.15, -0.1) is 0 Å². The first-order valence-corrected chi connectivity index (χ1v) is 9.73. The molecular formula is C20H17Cl2F2N3O4. The third-order valence-electron chi connectivity index (χ3n) is 4.18. The monoisotopic (exact) mass is 471 g/mol. The molecule has 1 aromatic heterocycles. The maximum absolute atomic E-state index is 13.4. The first-order chi connectivity index (χ1) is 14.6. The highest BCUT2D eigenvalue weighted by Crippen LogP contribution is 2.28. The Hall–Kier alpha value is -2.91. The Morgan fingerprint density at radius 2 is 1.77 bits per heavy atom. The second kappa shape index (κ2) is 9.49. The summed E-state index contributed by atoms with van der Waals surface area (Å²) in [4.78, 5) is 27.4. The van der Waals surface area contributed by atoms with Crippen LogP contribution >= 0.6 is 23.2 Å². The maximum Gasteiger partial charge on any atom is 0.262 e. The van der Waals surface area contributed by atoms with E-state index in [0.717, 1.165) is 12.3 Å². The molecule has 1 aliphatic carbocycles. The summed E-state index contributed by atoms with van der Waals surface area (Å²) in [6.07, 6.45) is 3.18. The standard InChI is InChI=1S/C20H17Cl2F2N3O4/c1-20(27-18(29)10-30-12-2-3-14(21)16(23)5-12)6-11(7-20)26-17(28)9-31-13-4-15(22)19(24)25-8-13/h2-6,8H,7,9-10H2,1H3,(H,26,28)(H,27,29). The first kappa shape index (κ1) is 22.8. The fraction of sp³-hybridized carbons (Fsp3) is 0.250. The van der Waals surface area contributed by atoms with Gasteiger partial charge in [0.25, 0.3) is 11.8 Å². The van der Waals surface area contributed by atoms with Gasteiger partial charge in [-0.25, -0.2) is 9.37 Å². The van der Waals surface area contributed by atoms with Crippen LogP contribution in [-0.2, 0) is 9.59 Å². The molecule has 31 heavy (non-hydrogen) atoms. The Morgan fingerprint density at radius 3 is 2.45 bits per heavy atom. The van der Waals surface area contributed by atoms with Gasteiger partial charge in [-0.2, -0.15) is 4.39 Å². The minimum absolute atomic E-state index is 0.0398. The van der Waals surface area contributed by atoms with Crippen molar-refractivity contribution < 1.29 is 27.8 Å². The molecule has 0 bridgehead atoms. The Kier molecular flexibility index (Phi) is 6.97. The summed E-state index contributed by atoms with van der Waals surface area (Å²) < 4.78 is 36.8. The lowest BCUT2D eigenvalue weighted by Crippen LogP contribution is -2.53. The van der Waals surface area contributed by atoms with Crippen LogP contribution in [0.25, 0.3) is 0 Å². The number of nitrogens with zero attached hydrogens (tertiary/aromatic N) is 1. The lowest BCUT2D eigenvalue weighted by atomic mass is 9.84. The molecule has 1 heterocycles. The Balaban J connectivity index is 1.41. The van der Waals surface area contributed by atoms with E-state index in [-0.39, 0.29) is 34.8 Å². The molecule has 1 atom stereocenters. The Morgan fingerprint density at radius 1 is 1.10 bits per heavy atom. The molecule has 164 valence electrons. The van der Waals surface area contributed by atoms with Gasteiger partial charge >= 0.3 is 0 Å². The minimum Gasteiger partial charge on any atom is -0.484 e. The van der Waals surface area contributed by atoms with Crippen LogP contribution in [0, 0.1) is 11.8 Å². The van der Waals surface area contributed by atoms with E-state index in [4.69, 9.17) is 32.7 Å². The molecule has 0 saturated heterocycles. The molecule has 2 N–H and O–H groups in total. The minimum atomic E-state index is -0.829. The lowest BCUT2D eigenvalue weighted by molar-refractivity contribution is -0.124. The van der Waals surface area contributed by atoms with Crippen LogP contribution in [0.3, 0.4) is 0 Å². The zero-order valence-electron chi connectivity index (χ0n) is 16.2. The molecule has 7 nitrogen and oxygen atoms in total. The van der Waals surface area contributed by atoms with E-state index in [9.17, 15) is 18.4 Å². The van der Waals surface area contributed by atoms with Crippen molar-refractivity contribution in [1.29, 1.82) is 0 Å². The zero-order chi connectivity index (χ0) is 22.6. The topological polar surface area (TPSA) is 89.6 Å². The van der Waals surface area contributed by atoms with Gasteiger partial charge < -0.3 is 20.1 Å². The summed E-state index contributed by atoms with van der Waals surface area (Å²) >= 11 is 11.2. The first-order valence-electron chi connectivity index (χ1n) is 8.98. The zero-order valence-corrected chi connectivity index (χ0v) is 17.7. The molecule has 0 saturated carbocycles. The van der Waals surface area contributed by atoms with Crippen molar-refractivity contribution in [3.05, 3.63) is 64.0 Å². The van der Waals surface area contributed by atoms with Crippen molar-refractivity contribution in [3.63, 3.8) is 0 Å². The van der Waals surface area contributed by atoms with E-state index in [2.05, 4.69) is 15.6 Å². The number of carbonyl (C=O) groups is 2. The molecule has 0 radical (unpaired) electrons. The van der Waals surface area contributed by atoms with E-state index in [1.165, 1.54) is 18.2 Å². The smallest absolute Gasteiger partial charge is 0.262 e. The average Bonchev–Trinajstić information content (AvgIpc) is 2.68. The van der Waals surface area contributed by atoms with Crippen molar-refractivity contribution in [2.24, 2.45) is 0 Å². The van der Waals surface area contributed by atoms with Gasteiger partial charge in [0.05, 0.1) is 21.8 Å². The third-order valence-corrected chi connectivity index (χ3v) is 4.75. The normalized spacial score (nSPS) is 17.3. The van der Waals surface area contributed by atoms with Crippen LogP contribution in [0.5, 0.6) is 11.5 Å². The number of nitrogens with one attached hydrogen (secondary N) is 2. The number of hydrogen-bond acceptors (Lipinski definition) is 5. The van der Waals surface area contributed by atoms with E-state index < -0.39 is 29.1 Å². The molecule has 2 amide bonds. The van der Waals surface area contributed by atoms with E-state index in [1.54, 1.807) is 13.0 Å². The number of pyridine rings is 1. The van der Waals surface area contributed by atoms with Gasteiger partial charge in [0.1, 0.15) is 17.3 Å². The van der Waals surface area contributed by atoms with Crippen LogP contribution in [0.1, 0.15) is 13.3 Å². The van der Waals surface area contributed by atoms with E-state index in [1.807, 2.05) is 0 Å². The van der Waals surface area contributed by atoms with Crippen LogP contribution in [0.15, 0.2) is 42.2 Å². The summed E-state index contributed by atoms with van der Waals surface area (Å²) in [6.45, 7) is 1.13. The summed E-state index contributed by atoms with van der Waals surface area (Å²) in [6, 6.07) is 5.09. The Bertz CT molecular complexity index is 1050. The molecule has 0 fully saturated rings. The molecule has 1 unspecified atom stereocenters. The predicted octanol–water partition coefficient (Wildman–Crippen LogP) is 3.40.